The van der Waals surface area contributed by atoms with Crippen LogP contribution >= 0.6 is 22.7 Å². The van der Waals surface area contributed by atoms with Crippen molar-refractivity contribution in [3.63, 3.8) is 0 Å². The van der Waals surface area contributed by atoms with E-state index in [-0.39, 0.29) is 5.60 Å². The monoisotopic (exact) mass is 379 g/mol. The molecule has 25 heavy (non-hydrogen) atoms. The van der Waals surface area contributed by atoms with Gasteiger partial charge < -0.3 is 9.47 Å². The van der Waals surface area contributed by atoms with Gasteiger partial charge in [-0.3, -0.25) is 9.80 Å². The Kier molecular flexibility index (Phi) is 5.50. The molecule has 2 aromatic heterocycles. The highest BCUT2D eigenvalue weighted by Crippen LogP contribution is 2.25. The summed E-state index contributed by atoms with van der Waals surface area (Å²) in [6, 6.07) is 4.34. The minimum atomic E-state index is -0.225. The van der Waals surface area contributed by atoms with Gasteiger partial charge in [0.05, 0.1) is 30.5 Å². The number of aromatic nitrogens is 1. The molecule has 2 aromatic rings. The fourth-order valence-corrected chi connectivity index (χ4v) is 5.04. The predicted molar refractivity (Wildman–Crippen MR) is 101 cm³/mol. The first-order chi connectivity index (χ1) is 12.2. The van der Waals surface area contributed by atoms with Gasteiger partial charge in [-0.15, -0.1) is 22.7 Å². The minimum Gasteiger partial charge on any atom is -0.377 e. The molecule has 0 bridgehead atoms. The molecule has 0 radical (unpaired) electrons. The summed E-state index contributed by atoms with van der Waals surface area (Å²) in [6.45, 7) is 9.93. The first-order valence-electron chi connectivity index (χ1n) is 8.81. The molecule has 5 nitrogen and oxygen atoms in total. The summed E-state index contributed by atoms with van der Waals surface area (Å²) in [7, 11) is 0. The lowest BCUT2D eigenvalue weighted by molar-refractivity contribution is -0.143. The van der Waals surface area contributed by atoms with Gasteiger partial charge in [0.25, 0.3) is 0 Å². The second-order valence-electron chi connectivity index (χ2n) is 6.94. The number of ether oxygens (including phenoxy) is 2. The molecule has 136 valence electrons. The first kappa shape index (κ1) is 17.6. The van der Waals surface area contributed by atoms with E-state index in [1.54, 1.807) is 11.3 Å². The van der Waals surface area contributed by atoms with Crippen LogP contribution in [-0.2, 0) is 22.6 Å². The molecule has 2 saturated heterocycles. The minimum absolute atomic E-state index is 0.225. The lowest BCUT2D eigenvalue weighted by Crippen LogP contribution is -2.58. The highest BCUT2D eigenvalue weighted by Gasteiger charge is 2.40. The number of rotatable bonds is 4. The van der Waals surface area contributed by atoms with Crippen molar-refractivity contribution < 1.29 is 9.47 Å². The summed E-state index contributed by atoms with van der Waals surface area (Å²) in [5.74, 6) is 0. The van der Waals surface area contributed by atoms with Crippen molar-refractivity contribution in [3.05, 3.63) is 38.5 Å². The van der Waals surface area contributed by atoms with Crippen molar-refractivity contribution in [1.29, 1.82) is 0 Å². The zero-order valence-corrected chi connectivity index (χ0v) is 16.3. The Morgan fingerprint density at radius 3 is 2.76 bits per heavy atom. The highest BCUT2D eigenvalue weighted by atomic mass is 32.1. The van der Waals surface area contributed by atoms with Crippen LogP contribution in [0.2, 0.25) is 0 Å². The van der Waals surface area contributed by atoms with Crippen LogP contribution < -0.4 is 0 Å². The summed E-state index contributed by atoms with van der Waals surface area (Å²) in [6.07, 6.45) is 0. The molecule has 0 N–H and O–H groups in total. The van der Waals surface area contributed by atoms with Gasteiger partial charge in [-0.2, -0.15) is 0 Å². The van der Waals surface area contributed by atoms with E-state index in [1.807, 2.05) is 11.3 Å². The Morgan fingerprint density at radius 1 is 1.16 bits per heavy atom. The van der Waals surface area contributed by atoms with Gasteiger partial charge in [-0.1, -0.05) is 6.07 Å². The van der Waals surface area contributed by atoms with Crippen molar-refractivity contribution in [3.8, 4) is 0 Å². The van der Waals surface area contributed by atoms with Gasteiger partial charge in [0.1, 0.15) is 5.60 Å². The van der Waals surface area contributed by atoms with E-state index < -0.39 is 0 Å². The van der Waals surface area contributed by atoms with Crippen LogP contribution in [0.25, 0.3) is 0 Å². The van der Waals surface area contributed by atoms with Gasteiger partial charge in [-0.25, -0.2) is 4.98 Å². The van der Waals surface area contributed by atoms with Crippen LogP contribution in [0.1, 0.15) is 15.6 Å². The van der Waals surface area contributed by atoms with Gasteiger partial charge in [0.15, 0.2) is 0 Å². The molecule has 4 heterocycles. The normalized spacial score (nSPS) is 26.1. The molecule has 4 rings (SSSR count). The zero-order valence-electron chi connectivity index (χ0n) is 14.6. The fraction of sp³-hybridized carbons (Fsp3) is 0.611. The second-order valence-corrected chi connectivity index (χ2v) is 9.04. The average Bonchev–Trinajstić information content (AvgIpc) is 3.19. The molecule has 7 heteroatoms. The maximum absolute atomic E-state index is 6.29. The number of morpholine rings is 1. The third-order valence-electron chi connectivity index (χ3n) is 4.77. The average molecular weight is 380 g/mol. The van der Waals surface area contributed by atoms with E-state index in [4.69, 9.17) is 9.47 Å². The van der Waals surface area contributed by atoms with Crippen LogP contribution in [0.4, 0.5) is 0 Å². The molecule has 2 aliphatic heterocycles. The van der Waals surface area contributed by atoms with Crippen LogP contribution in [0.3, 0.4) is 0 Å². The molecule has 0 amide bonds. The van der Waals surface area contributed by atoms with E-state index in [0.29, 0.717) is 6.61 Å². The van der Waals surface area contributed by atoms with Crippen molar-refractivity contribution in [2.24, 2.45) is 0 Å². The molecule has 1 atom stereocenters. The van der Waals surface area contributed by atoms with Crippen LogP contribution in [-0.4, -0.2) is 66.4 Å². The lowest BCUT2D eigenvalue weighted by atomic mass is 10.0. The van der Waals surface area contributed by atoms with Crippen molar-refractivity contribution in [2.75, 3.05) is 46.0 Å². The van der Waals surface area contributed by atoms with Gasteiger partial charge >= 0.3 is 0 Å². The summed E-state index contributed by atoms with van der Waals surface area (Å²) in [5.41, 5.74) is 0.933. The molecule has 2 fully saturated rings. The summed E-state index contributed by atoms with van der Waals surface area (Å²) >= 11 is 3.55. The topological polar surface area (TPSA) is 37.8 Å². The third kappa shape index (κ3) is 4.48. The lowest BCUT2D eigenvalue weighted by Gasteiger charge is -2.43. The van der Waals surface area contributed by atoms with E-state index in [1.165, 1.54) is 4.88 Å². The molecule has 2 aliphatic rings. The fourth-order valence-electron chi connectivity index (χ4n) is 3.69. The molecule has 0 aliphatic carbocycles. The quantitative estimate of drug-likeness (QED) is 0.816. The Morgan fingerprint density at radius 2 is 2.00 bits per heavy atom. The Balaban J connectivity index is 1.43. The second kappa shape index (κ2) is 7.82. The molecular weight excluding hydrogens is 354 g/mol. The number of aryl methyl sites for hydroxylation is 1. The molecule has 1 unspecified atom stereocenters. The Hall–Kier alpha value is -0.830. The van der Waals surface area contributed by atoms with E-state index in [9.17, 15) is 0 Å². The van der Waals surface area contributed by atoms with Gasteiger partial charge in [0, 0.05) is 49.5 Å². The third-order valence-corrected chi connectivity index (χ3v) is 6.45. The zero-order chi connectivity index (χ0) is 17.1. The van der Waals surface area contributed by atoms with Gasteiger partial charge in [-0.05, 0) is 18.4 Å². The highest BCUT2D eigenvalue weighted by molar-refractivity contribution is 7.10. The number of hydrogen-bond donors (Lipinski definition) is 0. The summed E-state index contributed by atoms with van der Waals surface area (Å²) in [5, 5.41) is 5.45. The number of thiazole rings is 1. The maximum atomic E-state index is 6.29. The van der Waals surface area contributed by atoms with Gasteiger partial charge in [0.2, 0.25) is 0 Å². The SMILES string of the molecule is Cc1nc(CN2CCOCC3(C2)CN(Cc2cccs2)CCO3)cs1. The molecule has 0 aromatic carbocycles. The van der Waals surface area contributed by atoms with Crippen LogP contribution in [0, 0.1) is 6.92 Å². The van der Waals surface area contributed by atoms with E-state index in [0.717, 1.165) is 63.2 Å². The summed E-state index contributed by atoms with van der Waals surface area (Å²) < 4.78 is 12.2. The van der Waals surface area contributed by atoms with Crippen molar-refractivity contribution >= 4 is 22.7 Å². The van der Waals surface area contributed by atoms with Crippen molar-refractivity contribution in [2.45, 2.75) is 25.6 Å². The van der Waals surface area contributed by atoms with Crippen molar-refractivity contribution in [1.82, 2.24) is 14.8 Å². The summed E-state index contributed by atoms with van der Waals surface area (Å²) in [4.78, 5) is 11.0. The number of hydrogen-bond acceptors (Lipinski definition) is 7. The molecule has 0 saturated carbocycles. The number of nitrogens with zero attached hydrogens (tertiary/aromatic N) is 3. The smallest absolute Gasteiger partial charge is 0.117 e. The van der Waals surface area contributed by atoms with E-state index in [2.05, 4.69) is 44.6 Å². The Bertz CT molecular complexity index is 676. The number of thiophene rings is 1. The van der Waals surface area contributed by atoms with Crippen LogP contribution in [0.5, 0.6) is 0 Å². The maximum Gasteiger partial charge on any atom is 0.117 e. The van der Waals surface area contributed by atoms with E-state index >= 15 is 0 Å². The predicted octanol–water partition coefficient (Wildman–Crippen LogP) is 2.62. The first-order valence-corrected chi connectivity index (χ1v) is 10.6. The standard InChI is InChI=1S/C18H25N3O2S2/c1-15-19-16(11-25-15)9-20-4-6-22-14-18(12-20)13-21(5-7-23-18)10-17-3-2-8-24-17/h2-3,8,11H,4-7,9-10,12-14H2,1H3. The largest absolute Gasteiger partial charge is 0.377 e. The Labute approximate surface area is 157 Å². The van der Waals surface area contributed by atoms with Crippen LogP contribution in [0.15, 0.2) is 22.9 Å². The molecular formula is C18H25N3O2S2. The molecule has 1 spiro atoms.